The van der Waals surface area contributed by atoms with E-state index in [1.54, 1.807) is 31.2 Å². The van der Waals surface area contributed by atoms with E-state index < -0.39 is 22.0 Å². The predicted molar refractivity (Wildman–Crippen MR) is 127 cm³/mol. The molecule has 0 aliphatic heterocycles. The van der Waals surface area contributed by atoms with Gasteiger partial charge in [0.1, 0.15) is 11.8 Å². The van der Waals surface area contributed by atoms with E-state index in [1.807, 2.05) is 37.3 Å². The largest absolute Gasteiger partial charge is 0.496 e. The van der Waals surface area contributed by atoms with Gasteiger partial charge in [-0.2, -0.15) is 4.72 Å². The van der Waals surface area contributed by atoms with E-state index in [1.165, 1.54) is 19.2 Å². The van der Waals surface area contributed by atoms with Gasteiger partial charge in [0.2, 0.25) is 15.9 Å². The first-order valence-electron chi connectivity index (χ1n) is 9.97. The summed E-state index contributed by atoms with van der Waals surface area (Å²) in [5.74, 6) is 0.0985. The molecule has 0 saturated heterocycles. The number of halogens is 1. The molecule has 3 rings (SSSR count). The van der Waals surface area contributed by atoms with E-state index in [2.05, 4.69) is 10.0 Å². The van der Waals surface area contributed by atoms with Gasteiger partial charge >= 0.3 is 0 Å². The highest BCUT2D eigenvalue weighted by Gasteiger charge is 2.27. The number of carbonyl (C=O) groups excluding carboxylic acids is 1. The Kier molecular flexibility index (Phi) is 7.56. The summed E-state index contributed by atoms with van der Waals surface area (Å²) in [7, 11) is -2.45. The lowest BCUT2D eigenvalue weighted by molar-refractivity contribution is -0.117. The van der Waals surface area contributed by atoms with Crippen LogP contribution in [0.4, 0.5) is 5.69 Å². The van der Waals surface area contributed by atoms with Crippen LogP contribution in [0.3, 0.4) is 0 Å². The molecule has 32 heavy (non-hydrogen) atoms. The first-order chi connectivity index (χ1) is 15.2. The van der Waals surface area contributed by atoms with Crippen molar-refractivity contribution in [1.29, 1.82) is 0 Å². The van der Waals surface area contributed by atoms with Crippen LogP contribution in [-0.4, -0.2) is 27.5 Å². The van der Waals surface area contributed by atoms with Crippen LogP contribution >= 0.6 is 11.6 Å². The second-order valence-electron chi connectivity index (χ2n) is 7.45. The smallest absolute Gasteiger partial charge is 0.242 e. The number of methoxy groups -OCH3 is 1. The van der Waals surface area contributed by atoms with E-state index >= 15 is 0 Å². The van der Waals surface area contributed by atoms with Crippen LogP contribution in [0.25, 0.3) is 0 Å². The molecule has 8 heteroatoms. The molecule has 0 heterocycles. The minimum Gasteiger partial charge on any atom is -0.496 e. The van der Waals surface area contributed by atoms with Crippen LogP contribution in [0.15, 0.2) is 71.6 Å². The van der Waals surface area contributed by atoms with E-state index in [0.29, 0.717) is 22.0 Å². The Hall–Kier alpha value is -2.87. The minimum absolute atomic E-state index is 0.0556. The Morgan fingerprint density at radius 1 is 1.00 bits per heavy atom. The fourth-order valence-corrected chi connectivity index (χ4v) is 4.67. The number of hydrogen-bond acceptors (Lipinski definition) is 4. The van der Waals surface area contributed by atoms with Gasteiger partial charge in [-0.15, -0.1) is 0 Å². The molecule has 0 aromatic heterocycles. The predicted octanol–water partition coefficient (Wildman–Crippen LogP) is 4.49. The van der Waals surface area contributed by atoms with Gasteiger partial charge in [-0.25, -0.2) is 8.42 Å². The monoisotopic (exact) mass is 472 g/mol. The van der Waals surface area contributed by atoms with Gasteiger partial charge in [0.25, 0.3) is 0 Å². The zero-order valence-corrected chi connectivity index (χ0v) is 19.6. The number of nitrogens with one attached hydrogen (secondary N) is 2. The van der Waals surface area contributed by atoms with Gasteiger partial charge in [0, 0.05) is 10.7 Å². The molecule has 3 aromatic rings. The second kappa shape index (κ2) is 10.2. The SMILES string of the molecule is COc1ccc(S(=O)(=O)N[C@@H](Cc2ccccc2)C(=O)Nc2ccc(C)c(Cl)c2)cc1C. The molecule has 0 radical (unpaired) electrons. The summed E-state index contributed by atoms with van der Waals surface area (Å²) in [6, 6.07) is 17.9. The fraction of sp³-hybridized carbons (Fsp3) is 0.208. The fourth-order valence-electron chi connectivity index (χ4n) is 3.21. The number of benzene rings is 3. The van der Waals surface area contributed by atoms with Crippen LogP contribution in [0, 0.1) is 13.8 Å². The lowest BCUT2D eigenvalue weighted by atomic mass is 10.1. The molecule has 1 amide bonds. The number of amides is 1. The molecule has 0 saturated carbocycles. The highest BCUT2D eigenvalue weighted by molar-refractivity contribution is 7.89. The number of ether oxygens (including phenoxy) is 1. The summed E-state index contributed by atoms with van der Waals surface area (Å²) in [5.41, 5.74) is 2.86. The van der Waals surface area contributed by atoms with Gasteiger partial charge < -0.3 is 10.1 Å². The molecule has 3 aromatic carbocycles. The molecule has 1 atom stereocenters. The Morgan fingerprint density at radius 3 is 2.34 bits per heavy atom. The van der Waals surface area contributed by atoms with Crippen molar-refractivity contribution < 1.29 is 17.9 Å². The highest BCUT2D eigenvalue weighted by atomic mass is 35.5. The Labute approximate surface area is 193 Å². The van der Waals surface area contributed by atoms with E-state index in [9.17, 15) is 13.2 Å². The maximum absolute atomic E-state index is 13.1. The van der Waals surface area contributed by atoms with Crippen LogP contribution in [0.2, 0.25) is 5.02 Å². The Morgan fingerprint density at radius 2 is 1.72 bits per heavy atom. The Bertz CT molecular complexity index is 1210. The normalized spacial score (nSPS) is 12.2. The first-order valence-corrected chi connectivity index (χ1v) is 11.8. The molecule has 2 N–H and O–H groups in total. The highest BCUT2D eigenvalue weighted by Crippen LogP contribution is 2.23. The Balaban J connectivity index is 1.88. The quantitative estimate of drug-likeness (QED) is 0.505. The number of hydrogen-bond donors (Lipinski definition) is 2. The van der Waals surface area contributed by atoms with Crippen molar-refractivity contribution in [3.05, 3.63) is 88.4 Å². The molecule has 0 aliphatic rings. The van der Waals surface area contributed by atoms with Gasteiger partial charge in [-0.05, 0) is 67.3 Å². The number of carbonyl (C=O) groups is 1. The van der Waals surface area contributed by atoms with Crippen LogP contribution < -0.4 is 14.8 Å². The molecule has 0 bridgehead atoms. The summed E-state index contributed by atoms with van der Waals surface area (Å²) >= 11 is 6.16. The van der Waals surface area contributed by atoms with Gasteiger partial charge in [0.15, 0.2) is 0 Å². The zero-order valence-electron chi connectivity index (χ0n) is 18.1. The maximum Gasteiger partial charge on any atom is 0.242 e. The molecule has 0 spiro atoms. The molecular weight excluding hydrogens is 448 g/mol. The minimum atomic E-state index is -3.97. The van der Waals surface area contributed by atoms with Crippen molar-refractivity contribution in [2.24, 2.45) is 0 Å². The van der Waals surface area contributed by atoms with Gasteiger partial charge in [-0.1, -0.05) is 48.0 Å². The average Bonchev–Trinajstić information content (AvgIpc) is 2.76. The first kappa shape index (κ1) is 23.8. The van der Waals surface area contributed by atoms with Crippen molar-refractivity contribution in [1.82, 2.24) is 4.72 Å². The number of aryl methyl sites for hydroxylation is 2. The van der Waals surface area contributed by atoms with Crippen molar-refractivity contribution in [3.63, 3.8) is 0 Å². The van der Waals surface area contributed by atoms with Crippen molar-refractivity contribution in [2.75, 3.05) is 12.4 Å². The third-order valence-corrected chi connectivity index (χ3v) is 6.89. The van der Waals surface area contributed by atoms with Crippen molar-refractivity contribution >= 4 is 33.2 Å². The number of sulfonamides is 1. The van der Waals surface area contributed by atoms with Crippen LogP contribution in [-0.2, 0) is 21.2 Å². The van der Waals surface area contributed by atoms with Crippen molar-refractivity contribution in [2.45, 2.75) is 31.2 Å². The molecule has 168 valence electrons. The third kappa shape index (κ3) is 5.88. The molecule has 6 nitrogen and oxygen atoms in total. The number of rotatable bonds is 8. The zero-order chi connectivity index (χ0) is 23.3. The van der Waals surface area contributed by atoms with Gasteiger partial charge in [-0.3, -0.25) is 4.79 Å². The van der Waals surface area contributed by atoms with E-state index in [0.717, 1.165) is 11.1 Å². The maximum atomic E-state index is 13.1. The molecule has 0 fully saturated rings. The van der Waals surface area contributed by atoms with Crippen LogP contribution in [0.1, 0.15) is 16.7 Å². The topological polar surface area (TPSA) is 84.5 Å². The lowest BCUT2D eigenvalue weighted by Gasteiger charge is -2.19. The summed E-state index contributed by atoms with van der Waals surface area (Å²) in [4.78, 5) is 13.1. The van der Waals surface area contributed by atoms with E-state index in [4.69, 9.17) is 16.3 Å². The third-order valence-electron chi connectivity index (χ3n) is 5.01. The van der Waals surface area contributed by atoms with Crippen LogP contribution in [0.5, 0.6) is 5.75 Å². The molecular formula is C24H25ClN2O4S. The molecule has 0 aliphatic carbocycles. The summed E-state index contributed by atoms with van der Waals surface area (Å²) in [5, 5.41) is 3.27. The van der Waals surface area contributed by atoms with E-state index in [-0.39, 0.29) is 11.3 Å². The summed E-state index contributed by atoms with van der Waals surface area (Å²) < 4.78 is 33.9. The number of anilines is 1. The average molecular weight is 473 g/mol. The molecule has 0 unspecified atom stereocenters. The standard InChI is InChI=1S/C24H25ClN2O4S/c1-16-9-10-19(15-21(16)25)26-24(28)22(14-18-7-5-4-6-8-18)27-32(29,30)20-11-12-23(31-3)17(2)13-20/h4-13,15,22,27H,14H2,1-3H3,(H,26,28)/t22-/m0/s1. The van der Waals surface area contributed by atoms with Gasteiger partial charge in [0.05, 0.1) is 12.0 Å². The summed E-state index contributed by atoms with van der Waals surface area (Å²) in [6.07, 6.45) is 0.181. The summed E-state index contributed by atoms with van der Waals surface area (Å²) in [6.45, 7) is 3.62. The lowest BCUT2D eigenvalue weighted by Crippen LogP contribution is -2.45. The van der Waals surface area contributed by atoms with Crippen molar-refractivity contribution in [3.8, 4) is 5.75 Å². The second-order valence-corrected chi connectivity index (χ2v) is 9.57.